The van der Waals surface area contributed by atoms with Crippen molar-refractivity contribution < 1.29 is 14.3 Å². The molecule has 0 fully saturated rings. The average Bonchev–Trinajstić information content (AvgIpc) is 2.16. The van der Waals surface area contributed by atoms with E-state index in [0.717, 1.165) is 0 Å². The summed E-state index contributed by atoms with van der Waals surface area (Å²) in [5, 5.41) is 12.9. The minimum atomic E-state index is -0.483. The minimum absolute atomic E-state index is 0.160. The molecule has 0 atom stereocenters. The molecule has 0 unspecified atom stereocenters. The van der Waals surface area contributed by atoms with E-state index in [0.29, 0.717) is 0 Å². The molecule has 14 heavy (non-hydrogen) atoms. The summed E-state index contributed by atoms with van der Waals surface area (Å²) in [7, 11) is 0. The van der Waals surface area contributed by atoms with Gasteiger partial charge in [0.15, 0.2) is 0 Å². The van der Waals surface area contributed by atoms with Crippen molar-refractivity contribution in [1.82, 2.24) is 10.6 Å². The molecule has 0 rings (SSSR count). The maximum atomic E-state index is 10.9. The Balaban J connectivity index is 3.44. The molecular weight excluding hydrogens is 186 g/mol. The van der Waals surface area contributed by atoms with Crippen LogP contribution in [-0.2, 0) is 9.53 Å². The summed E-state index contributed by atoms with van der Waals surface area (Å²) in [5.74, 6) is -0.483. The number of urea groups is 1. The zero-order valence-corrected chi connectivity index (χ0v) is 8.00. The number of esters is 1. The van der Waals surface area contributed by atoms with Gasteiger partial charge in [0, 0.05) is 6.54 Å². The molecule has 6 heteroatoms. The fraction of sp³-hybridized carbons (Fsp3) is 0.625. The number of hydrogen-bond acceptors (Lipinski definition) is 4. The van der Waals surface area contributed by atoms with Crippen molar-refractivity contribution in [1.29, 1.82) is 5.26 Å². The molecule has 0 saturated heterocycles. The zero-order chi connectivity index (χ0) is 10.8. The summed E-state index contributed by atoms with van der Waals surface area (Å²) in [6.45, 7) is 2.08. The van der Waals surface area contributed by atoms with E-state index in [-0.39, 0.29) is 26.1 Å². The molecule has 0 aliphatic carbocycles. The lowest BCUT2D eigenvalue weighted by atomic mass is 10.5. The van der Waals surface area contributed by atoms with Gasteiger partial charge in [0.2, 0.25) is 0 Å². The highest BCUT2D eigenvalue weighted by Crippen LogP contribution is 1.76. The molecule has 2 amide bonds. The molecule has 0 radical (unpaired) electrons. The molecule has 0 aliphatic heterocycles. The summed E-state index contributed by atoms with van der Waals surface area (Å²) in [5.41, 5.74) is 0. The van der Waals surface area contributed by atoms with Gasteiger partial charge in [-0.25, -0.2) is 4.79 Å². The molecule has 78 valence electrons. The summed E-state index contributed by atoms with van der Waals surface area (Å²) in [4.78, 5) is 21.6. The number of carbonyl (C=O) groups excluding carboxylic acids is 2. The molecule has 0 aromatic rings. The van der Waals surface area contributed by atoms with Crippen molar-refractivity contribution in [2.45, 2.75) is 13.3 Å². The quantitative estimate of drug-likeness (QED) is 0.472. The number of rotatable bonds is 5. The van der Waals surface area contributed by atoms with Crippen LogP contribution in [0.3, 0.4) is 0 Å². The van der Waals surface area contributed by atoms with Crippen LogP contribution in [0.1, 0.15) is 13.3 Å². The van der Waals surface area contributed by atoms with Crippen LogP contribution in [0.5, 0.6) is 0 Å². The maximum absolute atomic E-state index is 10.9. The normalized spacial score (nSPS) is 8.57. The van der Waals surface area contributed by atoms with Crippen LogP contribution in [0.25, 0.3) is 0 Å². The monoisotopic (exact) mass is 199 g/mol. The molecular formula is C8H13N3O3. The molecule has 0 bridgehead atoms. The molecule has 2 N–H and O–H groups in total. The van der Waals surface area contributed by atoms with Gasteiger partial charge in [-0.3, -0.25) is 4.79 Å². The van der Waals surface area contributed by atoms with Crippen molar-refractivity contribution in [2.75, 3.05) is 19.7 Å². The summed E-state index contributed by atoms with van der Waals surface area (Å²) in [6.07, 6.45) is 0.243. The van der Waals surface area contributed by atoms with Crippen molar-refractivity contribution >= 4 is 12.0 Å². The first kappa shape index (κ1) is 12.2. The third-order valence-electron chi connectivity index (χ3n) is 1.22. The zero-order valence-electron chi connectivity index (χ0n) is 8.00. The van der Waals surface area contributed by atoms with Gasteiger partial charge in [0.1, 0.15) is 6.54 Å². The number of ether oxygens (including phenoxy) is 1. The fourth-order valence-corrected chi connectivity index (χ4v) is 0.659. The Hall–Kier alpha value is -1.77. The number of nitrogens with zero attached hydrogens (tertiary/aromatic N) is 1. The van der Waals surface area contributed by atoms with Crippen LogP contribution in [0.15, 0.2) is 0 Å². The first-order chi connectivity index (χ1) is 6.70. The Morgan fingerprint density at radius 1 is 1.43 bits per heavy atom. The van der Waals surface area contributed by atoms with Crippen LogP contribution in [0.2, 0.25) is 0 Å². The predicted molar refractivity (Wildman–Crippen MR) is 48.3 cm³/mol. The number of nitrogens with one attached hydrogen (secondary N) is 2. The van der Waals surface area contributed by atoms with E-state index in [4.69, 9.17) is 5.26 Å². The SMILES string of the molecule is CCOC(=O)CNC(=O)NCCC#N. The van der Waals surface area contributed by atoms with E-state index in [9.17, 15) is 9.59 Å². The van der Waals surface area contributed by atoms with Gasteiger partial charge in [0.25, 0.3) is 0 Å². The number of amides is 2. The van der Waals surface area contributed by atoms with E-state index < -0.39 is 12.0 Å². The van der Waals surface area contributed by atoms with Crippen molar-refractivity contribution in [3.05, 3.63) is 0 Å². The van der Waals surface area contributed by atoms with Gasteiger partial charge in [-0.1, -0.05) is 0 Å². The van der Waals surface area contributed by atoms with Crippen LogP contribution in [-0.4, -0.2) is 31.7 Å². The van der Waals surface area contributed by atoms with Crippen LogP contribution < -0.4 is 10.6 Å². The van der Waals surface area contributed by atoms with Crippen LogP contribution >= 0.6 is 0 Å². The summed E-state index contributed by atoms with van der Waals surface area (Å²) < 4.78 is 4.58. The highest BCUT2D eigenvalue weighted by atomic mass is 16.5. The van der Waals surface area contributed by atoms with E-state index in [2.05, 4.69) is 15.4 Å². The first-order valence-electron chi connectivity index (χ1n) is 4.25. The third kappa shape index (κ3) is 6.91. The largest absolute Gasteiger partial charge is 0.465 e. The molecule has 0 saturated carbocycles. The summed E-state index contributed by atoms with van der Waals surface area (Å²) in [6, 6.07) is 1.40. The van der Waals surface area contributed by atoms with Crippen LogP contribution in [0.4, 0.5) is 4.79 Å². The van der Waals surface area contributed by atoms with E-state index >= 15 is 0 Å². The van der Waals surface area contributed by atoms with E-state index in [1.54, 1.807) is 6.92 Å². The average molecular weight is 199 g/mol. The topological polar surface area (TPSA) is 91.2 Å². The minimum Gasteiger partial charge on any atom is -0.465 e. The Morgan fingerprint density at radius 3 is 2.71 bits per heavy atom. The second-order valence-corrected chi connectivity index (χ2v) is 2.32. The van der Waals surface area contributed by atoms with Crippen LogP contribution in [0, 0.1) is 11.3 Å². The van der Waals surface area contributed by atoms with Gasteiger partial charge < -0.3 is 15.4 Å². The number of carbonyl (C=O) groups is 2. The highest BCUT2D eigenvalue weighted by molar-refractivity contribution is 5.80. The van der Waals surface area contributed by atoms with Gasteiger partial charge in [-0.05, 0) is 6.92 Å². The number of nitriles is 1. The van der Waals surface area contributed by atoms with Gasteiger partial charge in [-0.15, -0.1) is 0 Å². The molecule has 0 aliphatic rings. The molecule has 0 aromatic heterocycles. The second kappa shape index (κ2) is 7.86. The molecule has 6 nitrogen and oxygen atoms in total. The highest BCUT2D eigenvalue weighted by Gasteiger charge is 2.03. The van der Waals surface area contributed by atoms with Crippen molar-refractivity contribution in [2.24, 2.45) is 0 Å². The molecule has 0 aromatic carbocycles. The number of hydrogen-bond donors (Lipinski definition) is 2. The first-order valence-corrected chi connectivity index (χ1v) is 4.25. The van der Waals surface area contributed by atoms with Gasteiger partial charge in [0.05, 0.1) is 19.1 Å². The summed E-state index contributed by atoms with van der Waals surface area (Å²) >= 11 is 0. The predicted octanol–water partition coefficient (Wildman–Crippen LogP) is -0.238. The smallest absolute Gasteiger partial charge is 0.325 e. The Morgan fingerprint density at radius 2 is 2.14 bits per heavy atom. The van der Waals surface area contributed by atoms with Gasteiger partial charge >= 0.3 is 12.0 Å². The van der Waals surface area contributed by atoms with E-state index in [1.165, 1.54) is 0 Å². The third-order valence-corrected chi connectivity index (χ3v) is 1.22. The van der Waals surface area contributed by atoms with Crippen molar-refractivity contribution in [3.8, 4) is 6.07 Å². The Kier molecular flexibility index (Phi) is 6.86. The van der Waals surface area contributed by atoms with Crippen molar-refractivity contribution in [3.63, 3.8) is 0 Å². The maximum Gasteiger partial charge on any atom is 0.325 e. The fourth-order valence-electron chi connectivity index (χ4n) is 0.659. The lowest BCUT2D eigenvalue weighted by Gasteiger charge is -2.05. The standard InChI is InChI=1S/C8H13N3O3/c1-2-14-7(12)6-11-8(13)10-5-3-4-9/h2-3,5-6H2,1H3,(H2,10,11,13). The van der Waals surface area contributed by atoms with E-state index in [1.807, 2.05) is 6.07 Å². The Labute approximate surface area is 82.2 Å². The second-order valence-electron chi connectivity index (χ2n) is 2.32. The Bertz CT molecular complexity index is 234. The molecule has 0 heterocycles. The lowest BCUT2D eigenvalue weighted by molar-refractivity contribution is -0.141. The van der Waals surface area contributed by atoms with Gasteiger partial charge in [-0.2, -0.15) is 5.26 Å². The molecule has 0 spiro atoms. The lowest BCUT2D eigenvalue weighted by Crippen LogP contribution is -2.39.